The van der Waals surface area contributed by atoms with Gasteiger partial charge in [0.15, 0.2) is 5.76 Å². The highest BCUT2D eigenvalue weighted by Crippen LogP contribution is 2.02. The number of hydrogen-bond donors (Lipinski definition) is 2. The largest absolute Gasteiger partial charge is 0.459 e. The Bertz CT molecular complexity index is 403. The van der Waals surface area contributed by atoms with Crippen molar-refractivity contribution < 1.29 is 14.0 Å². The van der Waals surface area contributed by atoms with Crippen LogP contribution >= 0.6 is 0 Å². The molecule has 1 aromatic heterocycles. The first-order valence-electron chi connectivity index (χ1n) is 5.78. The number of likely N-dealkylation sites (N-methyl/N-ethyl adjacent to an activating group) is 1. The number of nitrogens with zero attached hydrogens (tertiary/aromatic N) is 1. The maximum atomic E-state index is 12.0. The molecule has 0 aliphatic carbocycles. The van der Waals surface area contributed by atoms with Gasteiger partial charge in [-0.1, -0.05) is 0 Å². The smallest absolute Gasteiger partial charge is 0.287 e. The van der Waals surface area contributed by atoms with E-state index in [1.54, 1.807) is 26.1 Å². The van der Waals surface area contributed by atoms with Gasteiger partial charge in [0.05, 0.1) is 6.26 Å². The standard InChI is InChI=1S/C12H19N3O3/c1-8(7-13)15(3)12(17)9(2)14-11(16)10-5-4-6-18-10/h4-6,8-9H,7,13H2,1-3H3,(H,14,16). The van der Waals surface area contributed by atoms with E-state index in [1.807, 2.05) is 6.92 Å². The summed E-state index contributed by atoms with van der Waals surface area (Å²) in [4.78, 5) is 25.2. The van der Waals surface area contributed by atoms with Crippen LogP contribution in [0.2, 0.25) is 0 Å². The van der Waals surface area contributed by atoms with Crippen LogP contribution in [0.25, 0.3) is 0 Å². The number of carbonyl (C=O) groups excluding carboxylic acids is 2. The lowest BCUT2D eigenvalue weighted by Crippen LogP contribution is -2.49. The van der Waals surface area contributed by atoms with Crippen molar-refractivity contribution in [2.75, 3.05) is 13.6 Å². The molecule has 1 rings (SSSR count). The summed E-state index contributed by atoms with van der Waals surface area (Å²) in [5.41, 5.74) is 5.49. The molecule has 2 amide bonds. The van der Waals surface area contributed by atoms with E-state index in [0.29, 0.717) is 6.54 Å². The molecular weight excluding hydrogens is 234 g/mol. The zero-order valence-electron chi connectivity index (χ0n) is 10.8. The molecule has 2 unspecified atom stereocenters. The molecule has 0 aliphatic heterocycles. The lowest BCUT2D eigenvalue weighted by molar-refractivity contribution is -0.133. The molecule has 0 spiro atoms. The minimum absolute atomic E-state index is 0.0690. The Hall–Kier alpha value is -1.82. The van der Waals surface area contributed by atoms with Crippen molar-refractivity contribution >= 4 is 11.8 Å². The van der Waals surface area contributed by atoms with Crippen molar-refractivity contribution in [3.8, 4) is 0 Å². The summed E-state index contributed by atoms with van der Waals surface area (Å²) in [5.74, 6) is -0.410. The summed E-state index contributed by atoms with van der Waals surface area (Å²) in [6.07, 6.45) is 1.41. The number of rotatable bonds is 5. The second kappa shape index (κ2) is 6.20. The number of nitrogens with one attached hydrogen (secondary N) is 1. The van der Waals surface area contributed by atoms with Gasteiger partial charge in [-0.15, -0.1) is 0 Å². The van der Waals surface area contributed by atoms with Crippen molar-refractivity contribution in [2.45, 2.75) is 25.9 Å². The first kappa shape index (κ1) is 14.2. The van der Waals surface area contributed by atoms with E-state index in [-0.39, 0.29) is 17.7 Å². The third kappa shape index (κ3) is 3.33. The van der Waals surface area contributed by atoms with Gasteiger partial charge in [-0.3, -0.25) is 9.59 Å². The fraction of sp³-hybridized carbons (Fsp3) is 0.500. The third-order valence-corrected chi connectivity index (χ3v) is 2.81. The minimum Gasteiger partial charge on any atom is -0.459 e. The van der Waals surface area contributed by atoms with Crippen molar-refractivity contribution in [2.24, 2.45) is 5.73 Å². The zero-order valence-corrected chi connectivity index (χ0v) is 10.8. The van der Waals surface area contributed by atoms with Crippen molar-refractivity contribution in [3.63, 3.8) is 0 Å². The van der Waals surface area contributed by atoms with Crippen molar-refractivity contribution in [3.05, 3.63) is 24.2 Å². The van der Waals surface area contributed by atoms with Crippen LogP contribution in [0.5, 0.6) is 0 Å². The van der Waals surface area contributed by atoms with E-state index in [1.165, 1.54) is 11.2 Å². The van der Waals surface area contributed by atoms with E-state index < -0.39 is 11.9 Å². The first-order chi connectivity index (χ1) is 8.47. The van der Waals surface area contributed by atoms with E-state index >= 15 is 0 Å². The molecule has 3 N–H and O–H groups in total. The van der Waals surface area contributed by atoms with E-state index in [4.69, 9.17) is 10.2 Å². The Kier molecular flexibility index (Phi) is 4.91. The number of amides is 2. The van der Waals surface area contributed by atoms with Gasteiger partial charge in [0.2, 0.25) is 5.91 Å². The average molecular weight is 253 g/mol. The van der Waals surface area contributed by atoms with E-state index in [0.717, 1.165) is 0 Å². The van der Waals surface area contributed by atoms with Crippen LogP contribution in [0, 0.1) is 0 Å². The molecule has 0 fully saturated rings. The first-order valence-corrected chi connectivity index (χ1v) is 5.78. The molecule has 0 saturated carbocycles. The van der Waals surface area contributed by atoms with Crippen LogP contribution in [-0.4, -0.2) is 42.4 Å². The molecule has 1 aromatic rings. The lowest BCUT2D eigenvalue weighted by Gasteiger charge is -2.26. The molecule has 1 heterocycles. The van der Waals surface area contributed by atoms with Gasteiger partial charge in [-0.2, -0.15) is 0 Å². The van der Waals surface area contributed by atoms with Gasteiger partial charge in [-0.05, 0) is 26.0 Å². The number of hydrogen-bond acceptors (Lipinski definition) is 4. The van der Waals surface area contributed by atoms with Gasteiger partial charge >= 0.3 is 0 Å². The zero-order chi connectivity index (χ0) is 13.7. The fourth-order valence-electron chi connectivity index (χ4n) is 1.42. The SMILES string of the molecule is CC(NC(=O)c1ccco1)C(=O)N(C)C(C)CN. The molecule has 18 heavy (non-hydrogen) atoms. The summed E-state index contributed by atoms with van der Waals surface area (Å²) in [7, 11) is 1.66. The van der Waals surface area contributed by atoms with Gasteiger partial charge in [0, 0.05) is 19.6 Å². The second-order valence-corrected chi connectivity index (χ2v) is 4.21. The highest BCUT2D eigenvalue weighted by Gasteiger charge is 2.23. The molecule has 0 aromatic carbocycles. The quantitative estimate of drug-likeness (QED) is 0.784. The molecule has 2 atom stereocenters. The van der Waals surface area contributed by atoms with Crippen LogP contribution in [0.3, 0.4) is 0 Å². The average Bonchev–Trinajstić information content (AvgIpc) is 2.89. The van der Waals surface area contributed by atoms with Crippen LogP contribution < -0.4 is 11.1 Å². The number of carbonyl (C=O) groups is 2. The lowest BCUT2D eigenvalue weighted by atomic mass is 10.2. The second-order valence-electron chi connectivity index (χ2n) is 4.21. The van der Waals surface area contributed by atoms with Gasteiger partial charge in [-0.25, -0.2) is 0 Å². The summed E-state index contributed by atoms with van der Waals surface area (Å²) in [5, 5.41) is 2.58. The third-order valence-electron chi connectivity index (χ3n) is 2.81. The monoisotopic (exact) mass is 253 g/mol. The van der Waals surface area contributed by atoms with Crippen LogP contribution in [0.1, 0.15) is 24.4 Å². The Balaban J connectivity index is 2.57. The minimum atomic E-state index is -0.624. The molecule has 100 valence electrons. The number of nitrogens with two attached hydrogens (primary N) is 1. The van der Waals surface area contributed by atoms with Crippen LogP contribution in [-0.2, 0) is 4.79 Å². The Labute approximate surface area is 106 Å². The molecule has 0 saturated heterocycles. The highest BCUT2D eigenvalue weighted by molar-refractivity contribution is 5.95. The van der Waals surface area contributed by atoms with Gasteiger partial charge in [0.25, 0.3) is 5.91 Å². The predicted octanol–water partition coefficient (Wildman–Crippen LogP) is 0.204. The predicted molar refractivity (Wildman–Crippen MR) is 66.9 cm³/mol. The molecule has 6 nitrogen and oxygen atoms in total. The fourth-order valence-corrected chi connectivity index (χ4v) is 1.42. The van der Waals surface area contributed by atoms with E-state index in [9.17, 15) is 9.59 Å². The van der Waals surface area contributed by atoms with Gasteiger partial charge in [0.1, 0.15) is 6.04 Å². The molecule has 0 radical (unpaired) electrons. The van der Waals surface area contributed by atoms with Gasteiger partial charge < -0.3 is 20.4 Å². The normalized spacial score (nSPS) is 13.8. The summed E-state index contributed by atoms with van der Waals surface area (Å²) in [6.45, 7) is 3.85. The van der Waals surface area contributed by atoms with E-state index in [2.05, 4.69) is 5.32 Å². The van der Waals surface area contributed by atoms with Crippen molar-refractivity contribution in [1.82, 2.24) is 10.2 Å². The van der Waals surface area contributed by atoms with Crippen LogP contribution in [0.4, 0.5) is 0 Å². The Morgan fingerprint density at radius 3 is 2.67 bits per heavy atom. The molecule has 0 bridgehead atoms. The Morgan fingerprint density at radius 1 is 1.50 bits per heavy atom. The highest BCUT2D eigenvalue weighted by atomic mass is 16.3. The maximum absolute atomic E-state index is 12.0. The Morgan fingerprint density at radius 2 is 2.17 bits per heavy atom. The molecule has 6 heteroatoms. The number of furan rings is 1. The summed E-state index contributed by atoms with van der Waals surface area (Å²) >= 11 is 0. The molecular formula is C12H19N3O3. The maximum Gasteiger partial charge on any atom is 0.287 e. The molecule has 0 aliphatic rings. The van der Waals surface area contributed by atoms with Crippen molar-refractivity contribution in [1.29, 1.82) is 0 Å². The summed E-state index contributed by atoms with van der Waals surface area (Å²) < 4.78 is 4.95. The van der Waals surface area contributed by atoms with Crippen LogP contribution in [0.15, 0.2) is 22.8 Å². The topological polar surface area (TPSA) is 88.6 Å². The summed E-state index contributed by atoms with van der Waals surface area (Å²) in [6, 6.07) is 2.46.